The van der Waals surface area contributed by atoms with Gasteiger partial charge < -0.3 is 14.1 Å². The average Bonchev–Trinajstić information content (AvgIpc) is 2.94. The number of Topliss-reactive ketones (excluding diaryl/α,β-unsaturated/α-hetero) is 1. The van der Waals surface area contributed by atoms with Gasteiger partial charge in [-0.15, -0.1) is 0 Å². The molecule has 1 aliphatic rings. The number of hydrogen-bond donors (Lipinski definition) is 0. The van der Waals surface area contributed by atoms with E-state index in [9.17, 15) is 14.0 Å². The lowest BCUT2D eigenvalue weighted by atomic mass is 9.92. The second-order valence-electron chi connectivity index (χ2n) is 6.01. The highest BCUT2D eigenvalue weighted by Gasteiger charge is 2.22. The molecule has 0 spiro atoms. The second-order valence-corrected chi connectivity index (χ2v) is 6.01. The van der Waals surface area contributed by atoms with E-state index < -0.39 is 5.76 Å². The number of nitrogens with zero attached hydrogens (tertiary/aromatic N) is 2. The fourth-order valence-corrected chi connectivity index (χ4v) is 3.15. The maximum Gasteiger partial charge on any atom is 0.423 e. The van der Waals surface area contributed by atoms with Crippen LogP contribution in [0.5, 0.6) is 0 Å². The van der Waals surface area contributed by atoms with Crippen LogP contribution in [0.4, 0.5) is 10.1 Å². The zero-order chi connectivity index (χ0) is 16.4. The standard InChI is InChI=1S/C17H19FN2O3/c1-12(21)10-13-4-6-19(7-5-13)16-3-2-14(11-15(16)18)20-8-9-23-17(20)22/h2-3,8-9,11,13H,4-7,10H2,1H3. The van der Waals surface area contributed by atoms with Crippen LogP contribution in [-0.4, -0.2) is 23.4 Å². The minimum absolute atomic E-state index is 0.213. The van der Waals surface area contributed by atoms with Crippen LogP contribution in [-0.2, 0) is 4.79 Å². The third kappa shape index (κ3) is 3.36. The van der Waals surface area contributed by atoms with Gasteiger partial charge in [-0.05, 0) is 37.8 Å². The quantitative estimate of drug-likeness (QED) is 0.870. The summed E-state index contributed by atoms with van der Waals surface area (Å²) >= 11 is 0. The van der Waals surface area contributed by atoms with Gasteiger partial charge in [0, 0.05) is 25.6 Å². The summed E-state index contributed by atoms with van der Waals surface area (Å²) in [5, 5.41) is 0. The molecule has 3 rings (SSSR count). The molecule has 0 N–H and O–H groups in total. The highest BCUT2D eigenvalue weighted by atomic mass is 19.1. The van der Waals surface area contributed by atoms with Crippen molar-refractivity contribution in [2.24, 2.45) is 5.92 Å². The number of anilines is 1. The van der Waals surface area contributed by atoms with Gasteiger partial charge in [0.05, 0.1) is 17.6 Å². The molecule has 2 aromatic rings. The molecule has 2 heterocycles. The molecule has 1 saturated heterocycles. The molecule has 0 saturated carbocycles. The molecular formula is C17H19FN2O3. The summed E-state index contributed by atoms with van der Waals surface area (Å²) in [6, 6.07) is 4.74. The first-order chi connectivity index (χ1) is 11.0. The van der Waals surface area contributed by atoms with Crippen LogP contribution in [0.1, 0.15) is 26.2 Å². The van der Waals surface area contributed by atoms with Crippen LogP contribution in [0.2, 0.25) is 0 Å². The van der Waals surface area contributed by atoms with E-state index in [-0.39, 0.29) is 11.6 Å². The Labute approximate surface area is 133 Å². The lowest BCUT2D eigenvalue weighted by Gasteiger charge is -2.33. The molecule has 0 radical (unpaired) electrons. The predicted octanol–water partition coefficient (Wildman–Crippen LogP) is 2.77. The molecule has 5 nitrogen and oxygen atoms in total. The predicted molar refractivity (Wildman–Crippen MR) is 84.5 cm³/mol. The van der Waals surface area contributed by atoms with E-state index in [1.165, 1.54) is 23.1 Å². The first-order valence-electron chi connectivity index (χ1n) is 7.75. The largest absolute Gasteiger partial charge is 0.423 e. The van der Waals surface area contributed by atoms with Gasteiger partial charge >= 0.3 is 5.76 Å². The summed E-state index contributed by atoms with van der Waals surface area (Å²) < 4.78 is 20.4. The van der Waals surface area contributed by atoms with E-state index in [1.807, 2.05) is 4.90 Å². The Morgan fingerprint density at radius 3 is 2.65 bits per heavy atom. The van der Waals surface area contributed by atoms with Crippen molar-refractivity contribution < 1.29 is 13.6 Å². The van der Waals surface area contributed by atoms with Gasteiger partial charge in [0.1, 0.15) is 17.9 Å². The smallest absolute Gasteiger partial charge is 0.416 e. The zero-order valence-corrected chi connectivity index (χ0v) is 13.0. The number of hydrogen-bond acceptors (Lipinski definition) is 4. The summed E-state index contributed by atoms with van der Waals surface area (Å²) in [5.74, 6) is -0.289. The topological polar surface area (TPSA) is 55.5 Å². The van der Waals surface area contributed by atoms with Crippen LogP contribution >= 0.6 is 0 Å². The molecule has 6 heteroatoms. The van der Waals surface area contributed by atoms with Crippen molar-refractivity contribution in [1.29, 1.82) is 0 Å². The molecule has 0 amide bonds. The lowest BCUT2D eigenvalue weighted by Crippen LogP contribution is -2.34. The van der Waals surface area contributed by atoms with Gasteiger partial charge in [0.15, 0.2) is 0 Å². The van der Waals surface area contributed by atoms with Crippen molar-refractivity contribution >= 4 is 11.5 Å². The first kappa shape index (κ1) is 15.5. The van der Waals surface area contributed by atoms with Gasteiger partial charge in [-0.3, -0.25) is 0 Å². The Morgan fingerprint density at radius 2 is 2.09 bits per heavy atom. The Bertz CT molecular complexity index is 757. The molecule has 1 aromatic heterocycles. The number of aromatic nitrogens is 1. The third-order valence-electron chi connectivity index (χ3n) is 4.32. The molecule has 0 bridgehead atoms. The van der Waals surface area contributed by atoms with Gasteiger partial charge in [-0.1, -0.05) is 0 Å². The number of piperidine rings is 1. The number of carbonyl (C=O) groups excluding carboxylic acids is 1. The van der Waals surface area contributed by atoms with E-state index >= 15 is 0 Å². The SMILES string of the molecule is CC(=O)CC1CCN(c2ccc(-n3ccoc3=O)cc2F)CC1. The fraction of sp³-hybridized carbons (Fsp3) is 0.412. The third-order valence-corrected chi connectivity index (χ3v) is 4.32. The molecule has 122 valence electrons. The summed E-state index contributed by atoms with van der Waals surface area (Å²) in [4.78, 5) is 24.7. The van der Waals surface area contributed by atoms with E-state index in [4.69, 9.17) is 4.42 Å². The van der Waals surface area contributed by atoms with Gasteiger partial charge in [0.25, 0.3) is 0 Å². The molecule has 0 atom stereocenters. The average molecular weight is 318 g/mol. The van der Waals surface area contributed by atoms with Crippen LogP contribution in [0.3, 0.4) is 0 Å². The second kappa shape index (κ2) is 6.40. The normalized spacial score (nSPS) is 15.8. The molecule has 0 aliphatic carbocycles. The van der Waals surface area contributed by atoms with Gasteiger partial charge in [-0.25, -0.2) is 13.8 Å². The van der Waals surface area contributed by atoms with E-state index in [2.05, 4.69) is 0 Å². The molecular weight excluding hydrogens is 299 g/mol. The Hall–Kier alpha value is -2.37. The van der Waals surface area contributed by atoms with Crippen molar-refractivity contribution in [2.45, 2.75) is 26.2 Å². The van der Waals surface area contributed by atoms with Crippen LogP contribution in [0.25, 0.3) is 5.69 Å². The van der Waals surface area contributed by atoms with Crippen molar-refractivity contribution in [2.75, 3.05) is 18.0 Å². The minimum atomic E-state index is -0.540. The van der Waals surface area contributed by atoms with Crippen LogP contribution in [0, 0.1) is 11.7 Å². The molecule has 23 heavy (non-hydrogen) atoms. The summed E-state index contributed by atoms with van der Waals surface area (Å²) in [7, 11) is 0. The Morgan fingerprint density at radius 1 is 1.35 bits per heavy atom. The van der Waals surface area contributed by atoms with E-state index in [1.54, 1.807) is 19.1 Å². The molecule has 0 unspecified atom stereocenters. The highest BCUT2D eigenvalue weighted by molar-refractivity contribution is 5.75. The Kier molecular flexibility index (Phi) is 4.32. The number of carbonyl (C=O) groups is 1. The van der Waals surface area contributed by atoms with Crippen molar-refractivity contribution in [3.8, 4) is 5.69 Å². The lowest BCUT2D eigenvalue weighted by molar-refractivity contribution is -0.118. The van der Waals surface area contributed by atoms with Crippen molar-refractivity contribution in [1.82, 2.24) is 4.57 Å². The molecule has 1 aromatic carbocycles. The van der Waals surface area contributed by atoms with E-state index in [0.717, 1.165) is 25.9 Å². The van der Waals surface area contributed by atoms with E-state index in [0.29, 0.717) is 23.7 Å². The number of rotatable bonds is 4. The highest BCUT2D eigenvalue weighted by Crippen LogP contribution is 2.28. The monoisotopic (exact) mass is 318 g/mol. The Balaban J connectivity index is 1.74. The van der Waals surface area contributed by atoms with Crippen LogP contribution in [0.15, 0.2) is 39.9 Å². The van der Waals surface area contributed by atoms with Gasteiger partial charge in [-0.2, -0.15) is 0 Å². The summed E-state index contributed by atoms with van der Waals surface area (Å²) in [6.45, 7) is 3.09. The summed E-state index contributed by atoms with van der Waals surface area (Å²) in [6.07, 6.45) is 5.13. The molecule has 1 fully saturated rings. The number of ketones is 1. The van der Waals surface area contributed by atoms with Crippen molar-refractivity contribution in [3.05, 3.63) is 47.0 Å². The van der Waals surface area contributed by atoms with Crippen LogP contribution < -0.4 is 10.7 Å². The number of oxazole rings is 1. The minimum Gasteiger partial charge on any atom is -0.416 e. The number of benzene rings is 1. The fourth-order valence-electron chi connectivity index (χ4n) is 3.15. The van der Waals surface area contributed by atoms with Crippen molar-refractivity contribution in [3.63, 3.8) is 0 Å². The zero-order valence-electron chi connectivity index (χ0n) is 13.0. The first-order valence-corrected chi connectivity index (χ1v) is 7.75. The number of halogens is 1. The van der Waals surface area contributed by atoms with Gasteiger partial charge in [0.2, 0.25) is 0 Å². The summed E-state index contributed by atoms with van der Waals surface area (Å²) in [5.41, 5.74) is 0.975. The maximum atomic E-state index is 14.4. The molecule has 1 aliphatic heterocycles. The maximum absolute atomic E-state index is 14.4.